The van der Waals surface area contributed by atoms with Gasteiger partial charge in [-0.3, -0.25) is 0 Å². The molecule has 4 nitrogen and oxygen atoms in total. The molecule has 0 radical (unpaired) electrons. The first-order valence-corrected chi connectivity index (χ1v) is 6.11. The Hall–Kier alpha value is -1.69. The molecule has 6 heteroatoms. The fourth-order valence-corrected chi connectivity index (χ4v) is 1.91. The molecule has 1 aliphatic heterocycles. The first-order valence-electron chi connectivity index (χ1n) is 6.11. The summed E-state index contributed by atoms with van der Waals surface area (Å²) in [7, 11) is 0. The lowest BCUT2D eigenvalue weighted by atomic mass is 10.1. The molecule has 1 aromatic rings. The van der Waals surface area contributed by atoms with E-state index in [2.05, 4.69) is 0 Å². The van der Waals surface area contributed by atoms with Gasteiger partial charge in [0.15, 0.2) is 0 Å². The van der Waals surface area contributed by atoms with Gasteiger partial charge < -0.3 is 15.2 Å². The van der Waals surface area contributed by atoms with Gasteiger partial charge in [0.25, 0.3) is 0 Å². The van der Waals surface area contributed by atoms with Crippen molar-refractivity contribution in [2.45, 2.75) is 25.4 Å². The maximum Gasteiger partial charge on any atom is 0.341 e. The average molecular weight is 271 g/mol. The fraction of sp³-hybridized carbons (Fsp3) is 0.462. The zero-order valence-electron chi connectivity index (χ0n) is 10.3. The van der Waals surface area contributed by atoms with Gasteiger partial charge in [-0.2, -0.15) is 0 Å². The zero-order valence-corrected chi connectivity index (χ0v) is 10.3. The standard InChI is InChI=1S/C13H15F2NO3/c14-10-6-11(15)12(16)5-9(10)13(17)19-7-8-3-1-2-4-18-8/h5-6,8H,1-4,7,16H2. The highest BCUT2D eigenvalue weighted by Crippen LogP contribution is 2.18. The van der Waals surface area contributed by atoms with Crippen LogP contribution in [0.25, 0.3) is 0 Å². The number of hydrogen-bond acceptors (Lipinski definition) is 4. The second kappa shape index (κ2) is 5.97. The van der Waals surface area contributed by atoms with Crippen LogP contribution >= 0.6 is 0 Å². The van der Waals surface area contributed by atoms with E-state index < -0.39 is 17.6 Å². The average Bonchev–Trinajstić information content (AvgIpc) is 2.41. The molecule has 0 aromatic heterocycles. The van der Waals surface area contributed by atoms with Gasteiger partial charge in [-0.25, -0.2) is 13.6 Å². The number of rotatable bonds is 3. The third-order valence-electron chi connectivity index (χ3n) is 2.98. The summed E-state index contributed by atoms with van der Waals surface area (Å²) in [6, 6.07) is 1.51. The van der Waals surface area contributed by atoms with Crippen LogP contribution in [0.5, 0.6) is 0 Å². The van der Waals surface area contributed by atoms with Crippen LogP contribution in [0.2, 0.25) is 0 Å². The van der Waals surface area contributed by atoms with Gasteiger partial charge in [-0.1, -0.05) is 0 Å². The minimum atomic E-state index is -0.985. The Morgan fingerprint density at radius 2 is 2.16 bits per heavy atom. The van der Waals surface area contributed by atoms with Gasteiger partial charge in [-0.05, 0) is 25.3 Å². The lowest BCUT2D eigenvalue weighted by Gasteiger charge is -2.22. The summed E-state index contributed by atoms with van der Waals surface area (Å²) >= 11 is 0. The second-order valence-electron chi connectivity index (χ2n) is 4.44. The van der Waals surface area contributed by atoms with E-state index in [0.717, 1.165) is 25.3 Å². The minimum Gasteiger partial charge on any atom is -0.459 e. The summed E-state index contributed by atoms with van der Waals surface area (Å²) in [5, 5.41) is 0. The van der Waals surface area contributed by atoms with Gasteiger partial charge in [0.05, 0.1) is 17.4 Å². The summed E-state index contributed by atoms with van der Waals surface area (Å²) < 4.78 is 36.7. The highest BCUT2D eigenvalue weighted by Gasteiger charge is 2.20. The highest BCUT2D eigenvalue weighted by molar-refractivity contribution is 5.90. The van der Waals surface area contributed by atoms with Gasteiger partial charge in [0.1, 0.15) is 18.2 Å². The molecule has 0 bridgehead atoms. The van der Waals surface area contributed by atoms with E-state index in [1.807, 2.05) is 0 Å². The van der Waals surface area contributed by atoms with Gasteiger partial charge >= 0.3 is 5.97 Å². The smallest absolute Gasteiger partial charge is 0.341 e. The summed E-state index contributed by atoms with van der Waals surface area (Å²) in [6.07, 6.45) is 2.66. The Labute approximate surface area is 109 Å². The number of carbonyl (C=O) groups is 1. The van der Waals surface area contributed by atoms with Crippen molar-refractivity contribution in [2.75, 3.05) is 18.9 Å². The van der Waals surface area contributed by atoms with Crippen molar-refractivity contribution in [3.8, 4) is 0 Å². The van der Waals surface area contributed by atoms with Crippen LogP contribution in [0.3, 0.4) is 0 Å². The number of nitrogen functional groups attached to an aromatic ring is 1. The van der Waals surface area contributed by atoms with Crippen molar-refractivity contribution in [1.82, 2.24) is 0 Å². The monoisotopic (exact) mass is 271 g/mol. The van der Waals surface area contributed by atoms with E-state index in [1.54, 1.807) is 0 Å². The quantitative estimate of drug-likeness (QED) is 0.676. The first-order chi connectivity index (χ1) is 9.08. The molecular formula is C13H15F2NO3. The summed E-state index contributed by atoms with van der Waals surface area (Å²) in [5.74, 6) is -2.75. The molecule has 1 atom stereocenters. The minimum absolute atomic E-state index is 0.0650. The molecule has 1 aromatic carbocycles. The molecule has 1 fully saturated rings. The molecule has 1 aliphatic rings. The van der Waals surface area contributed by atoms with Crippen molar-refractivity contribution in [1.29, 1.82) is 0 Å². The molecule has 0 saturated carbocycles. The van der Waals surface area contributed by atoms with Crippen LogP contribution in [0.1, 0.15) is 29.6 Å². The number of hydrogen-bond donors (Lipinski definition) is 1. The number of anilines is 1. The van der Waals surface area contributed by atoms with Crippen molar-refractivity contribution < 1.29 is 23.0 Å². The van der Waals surface area contributed by atoms with Crippen molar-refractivity contribution in [2.24, 2.45) is 0 Å². The van der Waals surface area contributed by atoms with Crippen LogP contribution in [-0.2, 0) is 9.47 Å². The van der Waals surface area contributed by atoms with Crippen LogP contribution < -0.4 is 5.73 Å². The Morgan fingerprint density at radius 3 is 2.84 bits per heavy atom. The summed E-state index contributed by atoms with van der Waals surface area (Å²) in [6.45, 7) is 0.704. The first kappa shape index (κ1) is 13.7. The lowest BCUT2D eigenvalue weighted by molar-refractivity contribution is -0.0302. The molecule has 0 aliphatic carbocycles. The van der Waals surface area contributed by atoms with Crippen LogP contribution in [0.15, 0.2) is 12.1 Å². The molecule has 2 rings (SSSR count). The third kappa shape index (κ3) is 3.41. The van der Waals surface area contributed by atoms with E-state index in [1.165, 1.54) is 0 Å². The number of benzene rings is 1. The Balaban J connectivity index is 1.97. The Bertz CT molecular complexity index is 473. The molecular weight excluding hydrogens is 256 g/mol. The summed E-state index contributed by atoms with van der Waals surface area (Å²) in [4.78, 5) is 11.7. The largest absolute Gasteiger partial charge is 0.459 e. The Morgan fingerprint density at radius 1 is 1.37 bits per heavy atom. The maximum atomic E-state index is 13.4. The van der Waals surface area contributed by atoms with Gasteiger partial charge in [0.2, 0.25) is 0 Å². The number of carbonyl (C=O) groups excluding carboxylic acids is 1. The molecule has 0 amide bonds. The lowest BCUT2D eigenvalue weighted by Crippen LogP contribution is -2.26. The molecule has 19 heavy (non-hydrogen) atoms. The molecule has 1 saturated heterocycles. The van der Waals surface area contributed by atoms with E-state index >= 15 is 0 Å². The van der Waals surface area contributed by atoms with Crippen LogP contribution in [-0.4, -0.2) is 25.3 Å². The third-order valence-corrected chi connectivity index (χ3v) is 2.98. The van der Waals surface area contributed by atoms with E-state index in [9.17, 15) is 13.6 Å². The van der Waals surface area contributed by atoms with Gasteiger partial charge in [-0.15, -0.1) is 0 Å². The predicted octanol–water partition coefficient (Wildman–Crippen LogP) is 2.27. The van der Waals surface area contributed by atoms with Crippen LogP contribution in [0.4, 0.5) is 14.5 Å². The van der Waals surface area contributed by atoms with Crippen molar-refractivity contribution in [3.63, 3.8) is 0 Å². The van der Waals surface area contributed by atoms with Crippen molar-refractivity contribution in [3.05, 3.63) is 29.3 Å². The molecule has 1 heterocycles. The van der Waals surface area contributed by atoms with Crippen LogP contribution in [0, 0.1) is 11.6 Å². The Kier molecular flexibility index (Phi) is 4.31. The maximum absolute atomic E-state index is 13.4. The zero-order chi connectivity index (χ0) is 13.8. The molecule has 1 unspecified atom stereocenters. The number of esters is 1. The number of nitrogens with two attached hydrogens (primary N) is 1. The fourth-order valence-electron chi connectivity index (χ4n) is 1.91. The van der Waals surface area contributed by atoms with Gasteiger partial charge in [0, 0.05) is 12.7 Å². The van der Waals surface area contributed by atoms with E-state index in [4.69, 9.17) is 15.2 Å². The number of halogens is 2. The predicted molar refractivity (Wildman–Crippen MR) is 64.6 cm³/mol. The normalized spacial score (nSPS) is 19.2. The van der Waals surface area contributed by atoms with E-state index in [-0.39, 0.29) is 24.0 Å². The molecule has 2 N–H and O–H groups in total. The second-order valence-corrected chi connectivity index (χ2v) is 4.44. The summed E-state index contributed by atoms with van der Waals surface area (Å²) in [5.41, 5.74) is 4.64. The SMILES string of the molecule is Nc1cc(C(=O)OCC2CCCCO2)c(F)cc1F. The van der Waals surface area contributed by atoms with Crippen molar-refractivity contribution >= 4 is 11.7 Å². The topological polar surface area (TPSA) is 61.6 Å². The number of ether oxygens (including phenoxy) is 2. The highest BCUT2D eigenvalue weighted by atomic mass is 19.1. The molecule has 0 spiro atoms. The van der Waals surface area contributed by atoms with E-state index in [0.29, 0.717) is 12.7 Å². The molecule has 104 valence electrons.